The molecular weight excluding hydrogens is 264 g/mol. The number of hydrogen-bond donors (Lipinski definition) is 1. The van der Waals surface area contributed by atoms with E-state index in [0.717, 1.165) is 0 Å². The minimum atomic E-state index is -3.61. The van der Waals surface area contributed by atoms with Gasteiger partial charge in [-0.25, -0.2) is 13.4 Å². The van der Waals surface area contributed by atoms with E-state index in [0.29, 0.717) is 5.56 Å². The second kappa shape index (κ2) is 5.56. The summed E-state index contributed by atoms with van der Waals surface area (Å²) in [5.74, 6) is 0. The van der Waals surface area contributed by atoms with Gasteiger partial charge in [-0.15, -0.1) is 0 Å². The van der Waals surface area contributed by atoms with Gasteiger partial charge in [0.2, 0.25) is 0 Å². The second-order valence-corrected chi connectivity index (χ2v) is 7.67. The molecule has 0 bridgehead atoms. The van der Waals surface area contributed by atoms with E-state index in [2.05, 4.69) is 4.98 Å². The zero-order chi connectivity index (χ0) is 14.8. The fourth-order valence-corrected chi connectivity index (χ4v) is 3.01. The Bertz CT molecular complexity index is 518. The minimum Gasteiger partial charge on any atom is -0.392 e. The third-order valence-corrected chi connectivity index (χ3v) is 5.27. The molecule has 0 aliphatic rings. The lowest BCUT2D eigenvalue weighted by Gasteiger charge is -2.34. The first-order valence-electron chi connectivity index (χ1n) is 6.14. The van der Waals surface area contributed by atoms with Crippen LogP contribution in [0.25, 0.3) is 0 Å². The molecule has 6 heteroatoms. The van der Waals surface area contributed by atoms with Gasteiger partial charge in [-0.3, -0.25) is 0 Å². The molecule has 5 nitrogen and oxygen atoms in total. The fourth-order valence-electron chi connectivity index (χ4n) is 1.56. The second-order valence-electron chi connectivity index (χ2n) is 5.73. The Balaban J connectivity index is 3.09. The monoisotopic (exact) mass is 286 g/mol. The SMILES string of the molecule is CC(N(C)S(=O)(=O)c1ccc(CO)cn1)C(C)(C)C. The van der Waals surface area contributed by atoms with Crippen molar-refractivity contribution in [3.05, 3.63) is 23.9 Å². The molecule has 1 unspecified atom stereocenters. The Labute approximate surface area is 115 Å². The zero-order valence-electron chi connectivity index (χ0n) is 12.1. The molecule has 1 heterocycles. The molecule has 108 valence electrons. The molecule has 0 saturated heterocycles. The molecule has 1 aromatic heterocycles. The van der Waals surface area contributed by atoms with Crippen molar-refractivity contribution < 1.29 is 13.5 Å². The standard InChI is InChI=1S/C13H22N2O3S/c1-10(13(2,3)4)15(5)19(17,18)12-7-6-11(9-16)8-14-12/h6-8,10,16H,9H2,1-5H3. The van der Waals surface area contributed by atoms with Crippen molar-refractivity contribution in [1.82, 2.24) is 9.29 Å². The van der Waals surface area contributed by atoms with Gasteiger partial charge < -0.3 is 5.11 Å². The molecule has 19 heavy (non-hydrogen) atoms. The van der Waals surface area contributed by atoms with Gasteiger partial charge in [0.15, 0.2) is 5.03 Å². The molecule has 0 aliphatic heterocycles. The molecule has 0 spiro atoms. The maximum atomic E-state index is 12.4. The average molecular weight is 286 g/mol. The van der Waals surface area contributed by atoms with E-state index >= 15 is 0 Å². The van der Waals surface area contributed by atoms with Crippen molar-refractivity contribution >= 4 is 10.0 Å². The molecule has 1 rings (SSSR count). The summed E-state index contributed by atoms with van der Waals surface area (Å²) in [4.78, 5) is 3.92. The maximum Gasteiger partial charge on any atom is 0.260 e. The maximum absolute atomic E-state index is 12.4. The number of sulfonamides is 1. The Morgan fingerprint density at radius 3 is 2.32 bits per heavy atom. The molecule has 1 aromatic rings. The summed E-state index contributed by atoms with van der Waals surface area (Å²) < 4.78 is 26.2. The topological polar surface area (TPSA) is 70.5 Å². The summed E-state index contributed by atoms with van der Waals surface area (Å²) in [6, 6.07) is 2.83. The predicted octanol–water partition coefficient (Wildman–Crippen LogP) is 1.63. The summed E-state index contributed by atoms with van der Waals surface area (Å²) in [6.45, 7) is 7.70. The lowest BCUT2D eigenvalue weighted by molar-refractivity contribution is 0.216. The number of aliphatic hydroxyl groups excluding tert-OH is 1. The van der Waals surface area contributed by atoms with E-state index in [-0.39, 0.29) is 23.1 Å². The number of pyridine rings is 1. The van der Waals surface area contributed by atoms with E-state index < -0.39 is 10.0 Å². The molecule has 0 radical (unpaired) electrons. The Hall–Kier alpha value is -0.980. The van der Waals surface area contributed by atoms with Crippen LogP contribution in [0.1, 0.15) is 33.3 Å². The van der Waals surface area contributed by atoms with Crippen molar-refractivity contribution in [3.63, 3.8) is 0 Å². The highest BCUT2D eigenvalue weighted by atomic mass is 32.2. The van der Waals surface area contributed by atoms with Gasteiger partial charge in [-0.05, 0) is 24.0 Å². The number of nitrogens with zero attached hydrogens (tertiary/aromatic N) is 2. The van der Waals surface area contributed by atoms with Gasteiger partial charge >= 0.3 is 0 Å². The lowest BCUT2D eigenvalue weighted by atomic mass is 9.88. The smallest absolute Gasteiger partial charge is 0.260 e. The van der Waals surface area contributed by atoms with Crippen LogP contribution in [0.4, 0.5) is 0 Å². The Morgan fingerprint density at radius 1 is 1.37 bits per heavy atom. The van der Waals surface area contributed by atoms with Gasteiger partial charge in [0, 0.05) is 19.3 Å². The molecule has 0 saturated carbocycles. The summed E-state index contributed by atoms with van der Waals surface area (Å²) in [6.07, 6.45) is 1.38. The largest absolute Gasteiger partial charge is 0.392 e. The van der Waals surface area contributed by atoms with Crippen LogP contribution in [0.2, 0.25) is 0 Å². The normalized spacial score (nSPS) is 14.7. The van der Waals surface area contributed by atoms with Crippen molar-refractivity contribution in [2.24, 2.45) is 5.41 Å². The molecule has 0 aromatic carbocycles. The van der Waals surface area contributed by atoms with Crippen LogP contribution in [0.3, 0.4) is 0 Å². The highest BCUT2D eigenvalue weighted by molar-refractivity contribution is 7.89. The average Bonchev–Trinajstić information content (AvgIpc) is 2.35. The van der Waals surface area contributed by atoms with E-state index in [4.69, 9.17) is 5.11 Å². The molecular formula is C13H22N2O3S. The fraction of sp³-hybridized carbons (Fsp3) is 0.615. The van der Waals surface area contributed by atoms with Gasteiger partial charge in [0.1, 0.15) is 0 Å². The van der Waals surface area contributed by atoms with Crippen LogP contribution in [-0.2, 0) is 16.6 Å². The van der Waals surface area contributed by atoms with Crippen molar-refractivity contribution in [2.75, 3.05) is 7.05 Å². The Kier molecular flexibility index (Phi) is 4.71. The molecule has 0 amide bonds. The van der Waals surface area contributed by atoms with E-state index in [9.17, 15) is 8.42 Å². The molecule has 0 aliphatic carbocycles. The van der Waals surface area contributed by atoms with Gasteiger partial charge in [0.25, 0.3) is 10.0 Å². The summed E-state index contributed by atoms with van der Waals surface area (Å²) in [5, 5.41) is 8.94. The lowest BCUT2D eigenvalue weighted by Crippen LogP contribution is -2.43. The van der Waals surface area contributed by atoms with E-state index in [1.54, 1.807) is 13.1 Å². The van der Waals surface area contributed by atoms with E-state index in [1.165, 1.54) is 16.6 Å². The van der Waals surface area contributed by atoms with E-state index in [1.807, 2.05) is 27.7 Å². The number of aliphatic hydroxyl groups is 1. The minimum absolute atomic E-state index is 0.00306. The van der Waals surface area contributed by atoms with Crippen LogP contribution >= 0.6 is 0 Å². The van der Waals surface area contributed by atoms with Crippen molar-refractivity contribution in [2.45, 2.75) is 45.4 Å². The van der Waals surface area contributed by atoms with Crippen molar-refractivity contribution in [1.29, 1.82) is 0 Å². The number of hydrogen-bond acceptors (Lipinski definition) is 4. The van der Waals surface area contributed by atoms with Crippen molar-refractivity contribution in [3.8, 4) is 0 Å². The van der Waals surface area contributed by atoms with Gasteiger partial charge in [-0.1, -0.05) is 26.8 Å². The summed E-state index contributed by atoms with van der Waals surface area (Å²) >= 11 is 0. The van der Waals surface area contributed by atoms with Crippen LogP contribution in [0, 0.1) is 5.41 Å². The molecule has 1 atom stereocenters. The highest BCUT2D eigenvalue weighted by Crippen LogP contribution is 2.26. The van der Waals surface area contributed by atoms with Gasteiger partial charge in [0.05, 0.1) is 6.61 Å². The third kappa shape index (κ3) is 3.52. The van der Waals surface area contributed by atoms with Crippen LogP contribution in [-0.4, -0.2) is 35.9 Å². The van der Waals surface area contributed by atoms with Crippen LogP contribution < -0.4 is 0 Å². The number of rotatable bonds is 4. The molecule has 0 fully saturated rings. The quantitative estimate of drug-likeness (QED) is 0.913. The first-order valence-corrected chi connectivity index (χ1v) is 7.58. The summed E-state index contributed by atoms with van der Waals surface area (Å²) in [7, 11) is -2.04. The highest BCUT2D eigenvalue weighted by Gasteiger charge is 2.33. The zero-order valence-corrected chi connectivity index (χ0v) is 12.9. The van der Waals surface area contributed by atoms with Gasteiger partial charge in [-0.2, -0.15) is 4.31 Å². The van der Waals surface area contributed by atoms with Crippen LogP contribution in [0.15, 0.2) is 23.4 Å². The molecule has 1 N–H and O–H groups in total. The first-order chi connectivity index (χ1) is 8.60. The summed E-state index contributed by atoms with van der Waals surface area (Å²) in [5.41, 5.74) is 0.429. The van der Waals surface area contributed by atoms with Crippen LogP contribution in [0.5, 0.6) is 0 Å². The number of aromatic nitrogens is 1. The first kappa shape index (κ1) is 16.1. The predicted molar refractivity (Wildman–Crippen MR) is 74.0 cm³/mol. The third-order valence-electron chi connectivity index (χ3n) is 3.42. The Morgan fingerprint density at radius 2 is 1.95 bits per heavy atom.